The molecule has 1 atom stereocenters. The van der Waals surface area contributed by atoms with Crippen LogP contribution in [-0.2, 0) is 4.52 Å². The first-order chi connectivity index (χ1) is 3.91. The fraction of sp³-hybridized carbons (Fsp3) is 1.00. The van der Waals surface area contributed by atoms with E-state index < -0.39 is 0 Å². The molecule has 0 rings (SSSR count). The van der Waals surface area contributed by atoms with E-state index in [2.05, 4.69) is 18.9 Å². The molecule has 0 fully saturated rings. The van der Waals surface area contributed by atoms with Gasteiger partial charge in [-0.3, -0.25) is 5.09 Å². The Balaban J connectivity index is 2.53. The van der Waals surface area contributed by atoms with E-state index in [1.807, 2.05) is 0 Å². The second-order valence-corrected chi connectivity index (χ2v) is 2.33. The molecule has 0 saturated carbocycles. The largest absolute Gasteiger partial charge is 0.347 e. The number of rotatable bonds is 5. The van der Waals surface area contributed by atoms with Gasteiger partial charge < -0.3 is 4.52 Å². The predicted molar refractivity (Wildman–Crippen MR) is 38.2 cm³/mol. The van der Waals surface area contributed by atoms with Crippen LogP contribution < -0.4 is 5.09 Å². The topological polar surface area (TPSA) is 21.3 Å². The van der Waals surface area contributed by atoms with Crippen LogP contribution in [0.25, 0.3) is 0 Å². The van der Waals surface area contributed by atoms with Crippen molar-refractivity contribution >= 4 is 8.96 Å². The van der Waals surface area contributed by atoms with Crippen LogP contribution in [0, 0.1) is 0 Å². The van der Waals surface area contributed by atoms with Crippen LogP contribution in [0.15, 0.2) is 0 Å². The van der Waals surface area contributed by atoms with Gasteiger partial charge in [0.2, 0.25) is 0 Å². The van der Waals surface area contributed by atoms with E-state index >= 15 is 0 Å². The SMILES string of the molecule is CCCOPNCC. The maximum Gasteiger partial charge on any atom is 0.0861 e. The molecule has 0 heterocycles. The molecule has 0 aliphatic rings. The molecule has 3 heteroatoms. The maximum absolute atomic E-state index is 5.14. The van der Waals surface area contributed by atoms with Gasteiger partial charge in [-0.2, -0.15) is 0 Å². The van der Waals surface area contributed by atoms with Crippen LogP contribution in [-0.4, -0.2) is 13.2 Å². The predicted octanol–water partition coefficient (Wildman–Crippen LogP) is 1.53. The molecule has 0 bridgehead atoms. The Kier molecular flexibility index (Phi) is 7.67. The smallest absolute Gasteiger partial charge is 0.0861 e. The van der Waals surface area contributed by atoms with Crippen molar-refractivity contribution in [3.8, 4) is 0 Å². The van der Waals surface area contributed by atoms with E-state index in [1.54, 1.807) is 0 Å². The van der Waals surface area contributed by atoms with Gasteiger partial charge in [0, 0.05) is 0 Å². The van der Waals surface area contributed by atoms with Gasteiger partial charge in [0.15, 0.2) is 0 Å². The molecule has 2 nitrogen and oxygen atoms in total. The van der Waals surface area contributed by atoms with Crippen molar-refractivity contribution in [3.05, 3.63) is 0 Å². The van der Waals surface area contributed by atoms with Crippen molar-refractivity contribution in [2.45, 2.75) is 20.3 Å². The molecule has 0 saturated heterocycles. The highest BCUT2D eigenvalue weighted by molar-refractivity contribution is 7.29. The molecule has 1 unspecified atom stereocenters. The van der Waals surface area contributed by atoms with Crippen molar-refractivity contribution in [2.75, 3.05) is 13.2 Å². The van der Waals surface area contributed by atoms with Crippen LogP contribution in [0.5, 0.6) is 0 Å². The lowest BCUT2D eigenvalue weighted by atomic mass is 10.5. The van der Waals surface area contributed by atoms with Gasteiger partial charge in [0.05, 0.1) is 15.6 Å². The third-order valence-corrected chi connectivity index (χ3v) is 1.47. The van der Waals surface area contributed by atoms with Crippen molar-refractivity contribution in [1.82, 2.24) is 5.09 Å². The lowest BCUT2D eigenvalue weighted by Gasteiger charge is -1.99. The van der Waals surface area contributed by atoms with Gasteiger partial charge in [-0.1, -0.05) is 13.8 Å². The van der Waals surface area contributed by atoms with E-state index in [-0.39, 0.29) is 0 Å². The van der Waals surface area contributed by atoms with Crippen LogP contribution in [0.4, 0.5) is 0 Å². The molecule has 0 aliphatic heterocycles. The van der Waals surface area contributed by atoms with Gasteiger partial charge in [0.25, 0.3) is 0 Å². The highest BCUT2D eigenvalue weighted by atomic mass is 31.1. The van der Waals surface area contributed by atoms with Gasteiger partial charge in [-0.25, -0.2) is 0 Å². The van der Waals surface area contributed by atoms with Crippen LogP contribution in [0.1, 0.15) is 20.3 Å². The van der Waals surface area contributed by atoms with E-state index in [4.69, 9.17) is 4.52 Å². The maximum atomic E-state index is 5.14. The summed E-state index contributed by atoms with van der Waals surface area (Å²) >= 11 is 0. The summed E-state index contributed by atoms with van der Waals surface area (Å²) in [6.45, 7) is 6.06. The quantitative estimate of drug-likeness (QED) is 0.456. The Hall–Kier alpha value is 0.350. The van der Waals surface area contributed by atoms with E-state index in [0.717, 1.165) is 19.6 Å². The summed E-state index contributed by atoms with van der Waals surface area (Å²) in [4.78, 5) is 0. The summed E-state index contributed by atoms with van der Waals surface area (Å²) in [7, 11) is 0.489. The Morgan fingerprint density at radius 1 is 1.50 bits per heavy atom. The zero-order valence-corrected chi connectivity index (χ0v) is 6.53. The second kappa shape index (κ2) is 7.35. The monoisotopic (exact) mass is 135 g/mol. The van der Waals surface area contributed by atoms with Crippen molar-refractivity contribution < 1.29 is 4.52 Å². The van der Waals surface area contributed by atoms with Gasteiger partial charge >= 0.3 is 0 Å². The zero-order chi connectivity index (χ0) is 6.24. The molecule has 1 N–H and O–H groups in total. The Bertz CT molecular complexity index is 37.4. The normalized spacial score (nSPS) is 11.2. The lowest BCUT2D eigenvalue weighted by Crippen LogP contribution is -1.99. The first kappa shape index (κ1) is 8.35. The van der Waals surface area contributed by atoms with Gasteiger partial charge in [-0.05, 0) is 13.0 Å². The first-order valence-electron chi connectivity index (χ1n) is 3.01. The van der Waals surface area contributed by atoms with Crippen LogP contribution >= 0.6 is 8.96 Å². The fourth-order valence-corrected chi connectivity index (χ4v) is 0.829. The second-order valence-electron chi connectivity index (χ2n) is 1.48. The first-order valence-corrected chi connectivity index (χ1v) is 3.92. The Morgan fingerprint density at radius 3 is 2.75 bits per heavy atom. The average molecular weight is 135 g/mol. The number of hydrogen-bond acceptors (Lipinski definition) is 2. The molecule has 50 valence electrons. The zero-order valence-electron chi connectivity index (χ0n) is 5.53. The van der Waals surface area contributed by atoms with Gasteiger partial charge in [-0.15, -0.1) is 0 Å². The molecule has 0 radical (unpaired) electrons. The molecule has 0 amide bonds. The Morgan fingerprint density at radius 2 is 2.25 bits per heavy atom. The Labute approximate surface area is 52.9 Å². The summed E-state index contributed by atoms with van der Waals surface area (Å²) in [5, 5.41) is 3.09. The highest BCUT2D eigenvalue weighted by Gasteiger charge is 1.79. The van der Waals surface area contributed by atoms with Crippen LogP contribution in [0.2, 0.25) is 0 Å². The van der Waals surface area contributed by atoms with Gasteiger partial charge in [0.1, 0.15) is 0 Å². The fourth-order valence-electron chi connectivity index (χ4n) is 0.276. The minimum absolute atomic E-state index is 0.489. The van der Waals surface area contributed by atoms with Crippen molar-refractivity contribution in [2.24, 2.45) is 0 Å². The molecule has 0 aromatic heterocycles. The van der Waals surface area contributed by atoms with E-state index in [9.17, 15) is 0 Å². The molecular weight excluding hydrogens is 121 g/mol. The number of nitrogens with one attached hydrogen (secondary N) is 1. The average Bonchev–Trinajstić information content (AvgIpc) is 1.81. The third-order valence-electron chi connectivity index (χ3n) is 0.627. The molecule has 8 heavy (non-hydrogen) atoms. The molecular formula is C5H14NOP. The summed E-state index contributed by atoms with van der Waals surface area (Å²) in [6.07, 6.45) is 1.11. The minimum atomic E-state index is 0.489. The molecule has 0 spiro atoms. The molecule has 0 aliphatic carbocycles. The standard InChI is InChI=1S/C5H14NOP/c1-3-5-7-8-6-4-2/h6,8H,3-5H2,1-2H3. The third kappa shape index (κ3) is 6.35. The van der Waals surface area contributed by atoms with Crippen LogP contribution in [0.3, 0.4) is 0 Å². The van der Waals surface area contributed by atoms with Crippen molar-refractivity contribution in [3.63, 3.8) is 0 Å². The van der Waals surface area contributed by atoms with E-state index in [0.29, 0.717) is 8.96 Å². The summed E-state index contributed by atoms with van der Waals surface area (Å²) in [6, 6.07) is 0. The van der Waals surface area contributed by atoms with E-state index in [1.165, 1.54) is 0 Å². The summed E-state index contributed by atoms with van der Waals surface area (Å²) in [5.74, 6) is 0. The lowest BCUT2D eigenvalue weighted by molar-refractivity contribution is 0.358. The highest BCUT2D eigenvalue weighted by Crippen LogP contribution is 2.03. The number of hydrogen-bond donors (Lipinski definition) is 1. The summed E-state index contributed by atoms with van der Waals surface area (Å²) in [5.41, 5.74) is 0. The minimum Gasteiger partial charge on any atom is -0.347 e. The van der Waals surface area contributed by atoms with Crippen molar-refractivity contribution in [1.29, 1.82) is 0 Å². The molecule has 0 aromatic carbocycles. The summed E-state index contributed by atoms with van der Waals surface area (Å²) < 4.78 is 5.14. The molecule has 0 aromatic rings.